The first-order valence-corrected chi connectivity index (χ1v) is 7.99. The zero-order valence-electron chi connectivity index (χ0n) is 14.4. The molecular formula is C20H30O2. The molecule has 1 saturated carbocycles. The molecule has 0 aromatic rings. The van der Waals surface area contributed by atoms with Gasteiger partial charge in [-0.1, -0.05) is 43.4 Å². The molecule has 0 aliphatic heterocycles. The zero-order valence-corrected chi connectivity index (χ0v) is 14.4. The lowest BCUT2D eigenvalue weighted by Crippen LogP contribution is -2.42. The van der Waals surface area contributed by atoms with Crippen molar-refractivity contribution in [1.29, 1.82) is 0 Å². The van der Waals surface area contributed by atoms with Crippen molar-refractivity contribution in [2.24, 2.45) is 17.3 Å². The molecule has 0 heterocycles. The van der Waals surface area contributed by atoms with Crippen molar-refractivity contribution in [3.63, 3.8) is 0 Å². The third-order valence-electron chi connectivity index (χ3n) is 5.21. The van der Waals surface area contributed by atoms with Crippen LogP contribution >= 0.6 is 0 Å². The SMILES string of the molecule is C=C[C@@]1(C)CC[C@H](C(C)(O)/C=C/C=C(\C)C=O)C[C@@H]1C(=C)C. The van der Waals surface area contributed by atoms with E-state index >= 15 is 0 Å². The van der Waals surface area contributed by atoms with Crippen LogP contribution in [-0.2, 0) is 4.79 Å². The highest BCUT2D eigenvalue weighted by Gasteiger charge is 2.42. The fraction of sp³-hybridized carbons (Fsp3) is 0.550. The molecule has 0 bridgehead atoms. The molecule has 2 nitrogen and oxygen atoms in total. The summed E-state index contributed by atoms with van der Waals surface area (Å²) in [5, 5.41) is 10.8. The topological polar surface area (TPSA) is 37.3 Å². The number of carbonyl (C=O) groups excluding carboxylic acids is 1. The van der Waals surface area contributed by atoms with Crippen LogP contribution in [-0.4, -0.2) is 17.0 Å². The maximum atomic E-state index is 10.8. The van der Waals surface area contributed by atoms with E-state index in [4.69, 9.17) is 0 Å². The lowest BCUT2D eigenvalue weighted by molar-refractivity contribution is -0.104. The van der Waals surface area contributed by atoms with Gasteiger partial charge in [-0.15, -0.1) is 6.58 Å². The molecule has 0 radical (unpaired) electrons. The predicted molar refractivity (Wildman–Crippen MR) is 93.5 cm³/mol. The normalized spacial score (nSPS) is 32.5. The van der Waals surface area contributed by atoms with Gasteiger partial charge in [-0.25, -0.2) is 0 Å². The van der Waals surface area contributed by atoms with Crippen LogP contribution in [0.25, 0.3) is 0 Å². The van der Waals surface area contributed by atoms with Crippen LogP contribution in [0.4, 0.5) is 0 Å². The summed E-state index contributed by atoms with van der Waals surface area (Å²) in [6, 6.07) is 0. The number of aliphatic hydroxyl groups is 1. The summed E-state index contributed by atoms with van der Waals surface area (Å²) < 4.78 is 0. The largest absolute Gasteiger partial charge is 0.386 e. The molecule has 1 rings (SSSR count). The maximum Gasteiger partial charge on any atom is 0.145 e. The Morgan fingerprint density at radius 2 is 2.05 bits per heavy atom. The molecule has 1 fully saturated rings. The zero-order chi connectivity index (χ0) is 17.0. The summed E-state index contributed by atoms with van der Waals surface area (Å²) in [6.45, 7) is 16.0. The lowest BCUT2D eigenvalue weighted by atomic mass is 9.59. The van der Waals surface area contributed by atoms with Gasteiger partial charge in [-0.05, 0) is 62.9 Å². The molecule has 2 heteroatoms. The van der Waals surface area contributed by atoms with Gasteiger partial charge in [0.2, 0.25) is 0 Å². The lowest BCUT2D eigenvalue weighted by Gasteiger charge is -2.46. The Morgan fingerprint density at radius 1 is 1.41 bits per heavy atom. The highest BCUT2D eigenvalue weighted by atomic mass is 16.3. The fourth-order valence-electron chi connectivity index (χ4n) is 3.44. The third kappa shape index (κ3) is 4.30. The van der Waals surface area contributed by atoms with Crippen LogP contribution < -0.4 is 0 Å². The van der Waals surface area contributed by atoms with E-state index in [0.717, 1.165) is 31.1 Å². The molecule has 4 atom stereocenters. The van der Waals surface area contributed by atoms with E-state index in [1.54, 1.807) is 25.2 Å². The molecule has 0 aromatic heterocycles. The van der Waals surface area contributed by atoms with E-state index < -0.39 is 5.60 Å². The second-order valence-corrected chi connectivity index (χ2v) is 7.19. The Balaban J connectivity index is 2.91. The quantitative estimate of drug-likeness (QED) is 0.336. The number of hydrogen-bond donors (Lipinski definition) is 1. The van der Waals surface area contributed by atoms with E-state index in [1.807, 2.05) is 13.0 Å². The van der Waals surface area contributed by atoms with Crippen molar-refractivity contribution in [3.8, 4) is 0 Å². The number of rotatable bonds is 6. The Morgan fingerprint density at radius 3 is 2.55 bits per heavy atom. The Labute approximate surface area is 135 Å². The van der Waals surface area contributed by atoms with Crippen molar-refractivity contribution in [1.82, 2.24) is 0 Å². The van der Waals surface area contributed by atoms with Crippen molar-refractivity contribution in [2.45, 2.75) is 52.6 Å². The first kappa shape index (κ1) is 18.6. The minimum atomic E-state index is -0.879. The molecule has 0 saturated heterocycles. The first-order valence-electron chi connectivity index (χ1n) is 7.99. The summed E-state index contributed by atoms with van der Waals surface area (Å²) in [5.74, 6) is 0.527. The van der Waals surface area contributed by atoms with Crippen molar-refractivity contribution < 1.29 is 9.90 Å². The van der Waals surface area contributed by atoms with Crippen molar-refractivity contribution >= 4 is 6.29 Å². The van der Waals surface area contributed by atoms with E-state index in [9.17, 15) is 9.90 Å². The van der Waals surface area contributed by atoms with Gasteiger partial charge in [-0.2, -0.15) is 0 Å². The second-order valence-electron chi connectivity index (χ2n) is 7.19. The van der Waals surface area contributed by atoms with E-state index in [2.05, 4.69) is 27.0 Å². The van der Waals surface area contributed by atoms with Gasteiger partial charge in [0.25, 0.3) is 0 Å². The second kappa shape index (κ2) is 7.23. The molecule has 22 heavy (non-hydrogen) atoms. The summed E-state index contributed by atoms with van der Waals surface area (Å²) >= 11 is 0. The van der Waals surface area contributed by atoms with Crippen LogP contribution in [0.3, 0.4) is 0 Å². The summed E-state index contributed by atoms with van der Waals surface area (Å²) in [4.78, 5) is 10.6. The highest BCUT2D eigenvalue weighted by Crippen LogP contribution is 2.49. The van der Waals surface area contributed by atoms with Gasteiger partial charge in [0, 0.05) is 0 Å². The van der Waals surface area contributed by atoms with Crippen molar-refractivity contribution in [3.05, 3.63) is 48.6 Å². The van der Waals surface area contributed by atoms with Crippen LogP contribution in [0.15, 0.2) is 48.6 Å². The van der Waals surface area contributed by atoms with Gasteiger partial charge in [-0.3, -0.25) is 4.79 Å². The first-order chi connectivity index (χ1) is 10.2. The van der Waals surface area contributed by atoms with Gasteiger partial charge in [0.05, 0.1) is 5.60 Å². The van der Waals surface area contributed by atoms with Crippen LogP contribution in [0, 0.1) is 17.3 Å². The van der Waals surface area contributed by atoms with E-state index in [1.165, 1.54) is 0 Å². The Hall–Kier alpha value is -1.41. The molecule has 122 valence electrons. The maximum absolute atomic E-state index is 10.8. The monoisotopic (exact) mass is 302 g/mol. The minimum absolute atomic E-state index is 0.0656. The van der Waals surface area contributed by atoms with Crippen LogP contribution in [0.5, 0.6) is 0 Å². The number of carbonyl (C=O) groups is 1. The highest BCUT2D eigenvalue weighted by molar-refractivity contribution is 5.72. The van der Waals surface area contributed by atoms with Gasteiger partial charge >= 0.3 is 0 Å². The molecular weight excluding hydrogens is 272 g/mol. The number of hydrogen-bond acceptors (Lipinski definition) is 2. The number of aldehydes is 1. The van der Waals surface area contributed by atoms with Gasteiger partial charge in [0.1, 0.15) is 6.29 Å². The van der Waals surface area contributed by atoms with Gasteiger partial charge < -0.3 is 5.11 Å². The minimum Gasteiger partial charge on any atom is -0.386 e. The molecule has 1 aliphatic rings. The fourth-order valence-corrected chi connectivity index (χ4v) is 3.44. The molecule has 1 aliphatic carbocycles. The average Bonchev–Trinajstić information content (AvgIpc) is 2.46. The van der Waals surface area contributed by atoms with Crippen LogP contribution in [0.2, 0.25) is 0 Å². The Bertz CT molecular complexity index is 496. The summed E-state index contributed by atoms with van der Waals surface area (Å²) in [7, 11) is 0. The van der Waals surface area contributed by atoms with E-state index in [-0.39, 0.29) is 11.3 Å². The standard InChI is InChI=1S/C20H30O2/c1-7-19(5)12-10-17(13-18(19)15(2)3)20(6,22)11-8-9-16(4)14-21/h7-9,11,14,17-18,22H,1-2,10,12-13H2,3-6H3/b11-8+,16-9+/t17-,18+,19-,20?/m0/s1. The third-order valence-corrected chi connectivity index (χ3v) is 5.21. The van der Waals surface area contributed by atoms with Crippen LogP contribution in [0.1, 0.15) is 47.0 Å². The van der Waals surface area contributed by atoms with Gasteiger partial charge in [0.15, 0.2) is 0 Å². The predicted octanol–water partition coefficient (Wildman–Crippen LogP) is 4.62. The smallest absolute Gasteiger partial charge is 0.145 e. The molecule has 1 N–H and O–H groups in total. The summed E-state index contributed by atoms with van der Waals surface area (Å²) in [6.07, 6.45) is 11.0. The number of allylic oxidation sites excluding steroid dienone is 5. The van der Waals surface area contributed by atoms with Crippen molar-refractivity contribution in [2.75, 3.05) is 0 Å². The Kier molecular flexibility index (Phi) is 6.13. The molecule has 0 spiro atoms. The molecule has 1 unspecified atom stereocenters. The van der Waals surface area contributed by atoms with E-state index in [0.29, 0.717) is 11.5 Å². The molecule has 0 amide bonds. The molecule has 0 aromatic carbocycles. The summed E-state index contributed by atoms with van der Waals surface area (Å²) in [5.41, 5.74) is 0.991. The average molecular weight is 302 g/mol.